The van der Waals surface area contributed by atoms with Crippen molar-refractivity contribution in [2.45, 2.75) is 69.0 Å². The molecule has 3 heterocycles. The van der Waals surface area contributed by atoms with Crippen LogP contribution in [0.1, 0.15) is 54.0 Å². The van der Waals surface area contributed by atoms with Crippen molar-refractivity contribution in [3.05, 3.63) is 150 Å². The van der Waals surface area contributed by atoms with Crippen LogP contribution in [0.25, 0.3) is 11.2 Å². The van der Waals surface area contributed by atoms with Gasteiger partial charge in [0.15, 0.2) is 31.5 Å². The largest absolute Gasteiger partial charge is 0.497 e. The molecule has 4 aromatic carbocycles. The Hall–Kier alpha value is -5.24. The Bertz CT molecular complexity index is 2170. The Kier molecular flexibility index (Phi) is 10.7. The topological polar surface area (TPSA) is 130 Å². The number of carbonyl (C=O) groups is 1. The second-order valence-electron chi connectivity index (χ2n) is 15.2. The van der Waals surface area contributed by atoms with Crippen LogP contribution in [0.4, 0.5) is 5.82 Å². The molecule has 11 nitrogen and oxygen atoms in total. The minimum absolute atomic E-state index is 0.00480. The molecule has 0 aliphatic carbocycles. The molecule has 0 unspecified atom stereocenters. The van der Waals surface area contributed by atoms with Crippen LogP contribution in [0.5, 0.6) is 5.75 Å². The third-order valence-corrected chi connectivity index (χ3v) is 15.2. The van der Waals surface area contributed by atoms with Gasteiger partial charge in [-0.2, -0.15) is 0 Å². The molecule has 1 aliphatic heterocycles. The highest BCUT2D eigenvalue weighted by atomic mass is 28.4. The number of imidazole rings is 1. The van der Waals surface area contributed by atoms with Gasteiger partial charge in [-0.05, 0) is 59.1 Å². The first kappa shape index (κ1) is 38.0. The van der Waals surface area contributed by atoms with Crippen LogP contribution >= 0.6 is 0 Å². The molecule has 6 aromatic rings. The fourth-order valence-corrected chi connectivity index (χ4v) is 8.04. The Morgan fingerprint density at radius 2 is 1.42 bits per heavy atom. The molecule has 0 radical (unpaired) electrons. The maximum atomic E-state index is 13.1. The van der Waals surface area contributed by atoms with Crippen LogP contribution in [0.15, 0.2) is 128 Å². The summed E-state index contributed by atoms with van der Waals surface area (Å²) >= 11 is 0. The molecular formula is C43H47N5O6Si. The Morgan fingerprint density at radius 1 is 0.836 bits per heavy atom. The number of aromatic nitrogens is 4. The number of hydrogen-bond acceptors (Lipinski definition) is 9. The quantitative estimate of drug-likeness (QED) is 0.0951. The summed E-state index contributed by atoms with van der Waals surface area (Å²) in [5, 5.41) is 15.0. The fourth-order valence-electron chi connectivity index (χ4n) is 6.75. The van der Waals surface area contributed by atoms with Crippen molar-refractivity contribution in [1.82, 2.24) is 19.5 Å². The van der Waals surface area contributed by atoms with Crippen molar-refractivity contribution in [2.24, 2.45) is 0 Å². The number of aliphatic hydroxyl groups is 1. The first-order valence-corrected chi connectivity index (χ1v) is 21.3. The first-order valence-electron chi connectivity index (χ1n) is 18.4. The smallest absolute Gasteiger partial charge is 0.256 e. The molecular weight excluding hydrogens is 711 g/mol. The predicted molar refractivity (Wildman–Crippen MR) is 213 cm³/mol. The molecule has 4 atom stereocenters. The van der Waals surface area contributed by atoms with E-state index < -0.39 is 38.5 Å². The molecule has 0 spiro atoms. The van der Waals surface area contributed by atoms with E-state index in [0.29, 0.717) is 16.7 Å². The van der Waals surface area contributed by atoms with E-state index in [1.54, 1.807) is 42.3 Å². The summed E-state index contributed by atoms with van der Waals surface area (Å²) in [6.07, 6.45) is -0.570. The lowest BCUT2D eigenvalue weighted by molar-refractivity contribution is -0.0940. The average molecular weight is 758 g/mol. The lowest BCUT2D eigenvalue weighted by Gasteiger charge is -2.40. The van der Waals surface area contributed by atoms with Crippen LogP contribution in [-0.4, -0.2) is 70.9 Å². The van der Waals surface area contributed by atoms with Crippen molar-refractivity contribution in [1.29, 1.82) is 0 Å². The number of anilines is 1. The average Bonchev–Trinajstić information content (AvgIpc) is 3.76. The van der Waals surface area contributed by atoms with Gasteiger partial charge in [0.1, 0.15) is 36.0 Å². The number of amides is 1. The number of benzene rings is 4. The molecule has 7 rings (SSSR count). The number of methoxy groups -OCH3 is 1. The number of nitrogens with zero attached hydrogens (tertiary/aromatic N) is 4. The summed E-state index contributed by atoms with van der Waals surface area (Å²) in [6.45, 7) is 10.8. The molecule has 1 aliphatic rings. The second kappa shape index (κ2) is 15.5. The summed E-state index contributed by atoms with van der Waals surface area (Å²) in [4.78, 5) is 26.6. The molecule has 2 N–H and O–H groups in total. The molecule has 1 fully saturated rings. The van der Waals surface area contributed by atoms with Crippen LogP contribution in [0, 0.1) is 0 Å². The molecule has 12 heteroatoms. The summed E-state index contributed by atoms with van der Waals surface area (Å²) in [6, 6.07) is 36.8. The van der Waals surface area contributed by atoms with Crippen LogP contribution in [0.2, 0.25) is 18.1 Å². The van der Waals surface area contributed by atoms with Crippen LogP contribution in [0.3, 0.4) is 0 Å². The molecule has 55 heavy (non-hydrogen) atoms. The van der Waals surface area contributed by atoms with E-state index in [2.05, 4.69) is 54.1 Å². The van der Waals surface area contributed by atoms with E-state index >= 15 is 0 Å². The second-order valence-corrected chi connectivity index (χ2v) is 20.0. The molecule has 0 bridgehead atoms. The Morgan fingerprint density at radius 3 is 2.00 bits per heavy atom. The third kappa shape index (κ3) is 7.43. The maximum absolute atomic E-state index is 13.1. The summed E-state index contributed by atoms with van der Waals surface area (Å²) in [5.74, 6) is 0.657. The van der Waals surface area contributed by atoms with Gasteiger partial charge in [0.2, 0.25) is 0 Å². The first-order chi connectivity index (χ1) is 26.4. The zero-order chi connectivity index (χ0) is 38.8. The molecule has 1 saturated heterocycles. The zero-order valence-electron chi connectivity index (χ0n) is 31.9. The highest BCUT2D eigenvalue weighted by molar-refractivity contribution is 6.74. The van der Waals surface area contributed by atoms with Crippen molar-refractivity contribution < 1.29 is 28.5 Å². The van der Waals surface area contributed by atoms with Crippen molar-refractivity contribution in [3.63, 3.8) is 0 Å². The minimum atomic E-state index is -2.48. The highest BCUT2D eigenvalue weighted by Gasteiger charge is 2.52. The van der Waals surface area contributed by atoms with Gasteiger partial charge in [-0.25, -0.2) is 15.0 Å². The van der Waals surface area contributed by atoms with E-state index in [1.807, 2.05) is 91.0 Å². The summed E-state index contributed by atoms with van der Waals surface area (Å²) < 4.78 is 28.2. The Balaban J connectivity index is 1.27. The SMILES string of the molecule is COc1ccc(C(OC[C@@H]2O[C@H](n3cnc4c(NC(=O)c5ccccc5)ncnc43)[C@H](O[Si](C)(C)C(C)(C)C)[C@@H]2O)(c2ccccc2)c2ccccc2)cc1. The van der Waals surface area contributed by atoms with Gasteiger partial charge in [-0.3, -0.25) is 9.36 Å². The van der Waals surface area contributed by atoms with E-state index in [9.17, 15) is 9.90 Å². The van der Waals surface area contributed by atoms with E-state index in [-0.39, 0.29) is 23.4 Å². The van der Waals surface area contributed by atoms with Crippen LogP contribution < -0.4 is 10.1 Å². The van der Waals surface area contributed by atoms with Gasteiger partial charge in [0.25, 0.3) is 5.91 Å². The van der Waals surface area contributed by atoms with Gasteiger partial charge in [0, 0.05) is 5.56 Å². The van der Waals surface area contributed by atoms with Gasteiger partial charge < -0.3 is 29.1 Å². The van der Waals surface area contributed by atoms with E-state index in [1.165, 1.54) is 6.33 Å². The standard InChI is InChI=1S/C43H47N5O6Si/c1-42(2,3)55(5,6)54-37-36(49)34(53-41(37)48-28-46-35-38(44-27-45-39(35)48)47-40(50)29-16-10-7-11-17-29)26-52-43(30-18-12-8-13-19-30,31-20-14-9-15-21-31)32-22-24-33(51-4)25-23-32/h7-25,27-28,34,36-37,41,49H,26H2,1-6H3,(H,44,45,47,50)/t34-,36+,37+,41-/m0/s1. The summed E-state index contributed by atoms with van der Waals surface area (Å²) in [7, 11) is -0.835. The van der Waals surface area contributed by atoms with Crippen molar-refractivity contribution in [2.75, 3.05) is 19.0 Å². The van der Waals surface area contributed by atoms with Crippen molar-refractivity contribution >= 4 is 31.2 Å². The number of aliphatic hydroxyl groups excluding tert-OH is 1. The highest BCUT2D eigenvalue weighted by Crippen LogP contribution is 2.45. The monoisotopic (exact) mass is 757 g/mol. The molecule has 284 valence electrons. The van der Waals surface area contributed by atoms with Crippen molar-refractivity contribution in [3.8, 4) is 5.75 Å². The predicted octanol–water partition coefficient (Wildman–Crippen LogP) is 7.74. The number of ether oxygens (including phenoxy) is 3. The van der Waals surface area contributed by atoms with Gasteiger partial charge in [-0.15, -0.1) is 0 Å². The number of fused-ring (bicyclic) bond motifs is 1. The van der Waals surface area contributed by atoms with Gasteiger partial charge in [-0.1, -0.05) is 112 Å². The number of carbonyl (C=O) groups excluding carboxylic acids is 1. The number of nitrogens with one attached hydrogen (secondary N) is 1. The lowest BCUT2D eigenvalue weighted by Crippen LogP contribution is -2.49. The minimum Gasteiger partial charge on any atom is -0.497 e. The Labute approximate surface area is 322 Å². The molecule has 2 aromatic heterocycles. The van der Waals surface area contributed by atoms with Gasteiger partial charge in [0.05, 0.1) is 20.0 Å². The number of hydrogen-bond donors (Lipinski definition) is 2. The molecule has 1 amide bonds. The lowest BCUT2D eigenvalue weighted by atomic mass is 9.80. The van der Waals surface area contributed by atoms with E-state index in [4.69, 9.17) is 18.6 Å². The molecule has 0 saturated carbocycles. The maximum Gasteiger partial charge on any atom is 0.256 e. The fraction of sp³-hybridized carbons (Fsp3) is 0.302. The zero-order valence-corrected chi connectivity index (χ0v) is 32.9. The van der Waals surface area contributed by atoms with E-state index in [0.717, 1.165) is 22.4 Å². The normalized spacial score (nSPS) is 19.0. The third-order valence-electron chi connectivity index (χ3n) is 10.8. The number of rotatable bonds is 12. The van der Waals surface area contributed by atoms with Gasteiger partial charge >= 0.3 is 0 Å². The van der Waals surface area contributed by atoms with Crippen LogP contribution in [-0.2, 0) is 19.5 Å². The summed E-state index contributed by atoms with van der Waals surface area (Å²) in [5.41, 5.74) is 2.90.